The Morgan fingerprint density at radius 3 is 2.10 bits per heavy atom. The molecule has 0 radical (unpaired) electrons. The fourth-order valence-corrected chi connectivity index (χ4v) is 5.01. The Kier molecular flexibility index (Phi) is 7.12. The fraction of sp³-hybridized carbons (Fsp3) is 0.323. The maximum atomic E-state index is 14.6. The molecule has 0 atom stereocenters. The smallest absolute Gasteiger partial charge is 0.449 e. The first-order valence-corrected chi connectivity index (χ1v) is 13.1. The average molecular weight is 531 g/mol. The van der Waals surface area contributed by atoms with Crippen molar-refractivity contribution in [3.8, 4) is 11.1 Å². The Morgan fingerprint density at radius 2 is 1.51 bits per heavy atom. The molecule has 0 unspecified atom stereocenters. The van der Waals surface area contributed by atoms with Crippen LogP contribution in [0.2, 0.25) is 0 Å². The Labute approximate surface area is 228 Å². The summed E-state index contributed by atoms with van der Waals surface area (Å²) in [6.07, 6.45) is 0.920. The van der Waals surface area contributed by atoms with Gasteiger partial charge in [0.15, 0.2) is 0 Å². The van der Waals surface area contributed by atoms with Crippen molar-refractivity contribution in [3.63, 3.8) is 0 Å². The summed E-state index contributed by atoms with van der Waals surface area (Å²) in [5, 5.41) is 2.77. The Bertz CT molecular complexity index is 1390. The highest BCUT2D eigenvalue weighted by Crippen LogP contribution is 2.44. The molecule has 0 aromatic heterocycles. The van der Waals surface area contributed by atoms with Gasteiger partial charge in [-0.25, -0.2) is 13.6 Å². The van der Waals surface area contributed by atoms with Gasteiger partial charge < -0.3 is 19.4 Å². The van der Waals surface area contributed by atoms with Crippen molar-refractivity contribution in [2.75, 3.05) is 13.2 Å². The van der Waals surface area contributed by atoms with Crippen LogP contribution in [0.25, 0.3) is 17.2 Å². The zero-order valence-corrected chi connectivity index (χ0v) is 22.8. The molecule has 8 heteroatoms. The molecular weight excluding hydrogens is 499 g/mol. The van der Waals surface area contributed by atoms with Gasteiger partial charge in [0.05, 0.1) is 11.2 Å². The van der Waals surface area contributed by atoms with E-state index in [0.29, 0.717) is 11.0 Å². The predicted octanol–water partition coefficient (Wildman–Crippen LogP) is 6.83. The van der Waals surface area contributed by atoms with Crippen molar-refractivity contribution < 1.29 is 27.6 Å². The highest BCUT2D eigenvalue weighted by molar-refractivity contribution is 6.56. The fourth-order valence-electron chi connectivity index (χ4n) is 5.01. The van der Waals surface area contributed by atoms with Gasteiger partial charge in [-0.3, -0.25) is 0 Å². The number of aryl methyl sites for hydroxylation is 1. The first-order valence-electron chi connectivity index (χ1n) is 13.1. The van der Waals surface area contributed by atoms with Gasteiger partial charge in [0.2, 0.25) is 0 Å². The molecular formula is C31H32BF2NO4. The lowest BCUT2D eigenvalue weighted by molar-refractivity contribution is 0.00578. The molecule has 1 amide bonds. The van der Waals surface area contributed by atoms with E-state index in [1.165, 1.54) is 12.1 Å². The maximum absolute atomic E-state index is 14.6. The summed E-state index contributed by atoms with van der Waals surface area (Å²) in [6, 6.07) is 18.5. The molecule has 0 bridgehead atoms. The molecule has 1 saturated heterocycles. The summed E-state index contributed by atoms with van der Waals surface area (Å²) >= 11 is 0. The average Bonchev–Trinajstić information content (AvgIpc) is 3.32. The van der Waals surface area contributed by atoms with Crippen LogP contribution in [-0.4, -0.2) is 37.6 Å². The van der Waals surface area contributed by atoms with E-state index in [1.807, 2.05) is 52.0 Å². The van der Waals surface area contributed by atoms with Gasteiger partial charge >= 0.3 is 13.2 Å². The molecule has 1 N–H and O–H groups in total. The predicted molar refractivity (Wildman–Crippen MR) is 148 cm³/mol. The van der Waals surface area contributed by atoms with Gasteiger partial charge in [0, 0.05) is 24.1 Å². The molecule has 1 heterocycles. The molecule has 202 valence electrons. The van der Waals surface area contributed by atoms with E-state index in [-0.39, 0.29) is 24.6 Å². The minimum Gasteiger partial charge on any atom is -0.449 e. The minimum atomic E-state index is -0.839. The molecule has 1 aliphatic heterocycles. The van der Waals surface area contributed by atoms with Crippen LogP contribution in [0, 0.1) is 18.6 Å². The number of ether oxygens (including phenoxy) is 1. The summed E-state index contributed by atoms with van der Waals surface area (Å²) in [6.45, 7) is 9.36. The molecule has 0 saturated carbocycles. The summed E-state index contributed by atoms with van der Waals surface area (Å²) in [5.74, 6) is -1.41. The van der Waals surface area contributed by atoms with Gasteiger partial charge in [-0.05, 0) is 74.0 Å². The molecule has 3 aromatic rings. The van der Waals surface area contributed by atoms with E-state index in [1.54, 1.807) is 6.92 Å². The number of amides is 1. The molecule has 5 nitrogen and oxygen atoms in total. The second kappa shape index (κ2) is 10.2. The SMILES string of the molecule is Cc1cc(C=C(CNC(=O)OCC2c3ccccc3-c3ccccc32)B2OC(C)(C)C(C)(C)O2)c(F)cc1F. The number of hydrogen-bond acceptors (Lipinski definition) is 4. The first-order chi connectivity index (χ1) is 18.5. The first kappa shape index (κ1) is 27.1. The van der Waals surface area contributed by atoms with Crippen LogP contribution >= 0.6 is 0 Å². The summed E-state index contributed by atoms with van der Waals surface area (Å²) in [7, 11) is -0.839. The van der Waals surface area contributed by atoms with E-state index in [9.17, 15) is 13.6 Å². The number of rotatable bonds is 6. The van der Waals surface area contributed by atoms with Gasteiger partial charge in [-0.15, -0.1) is 0 Å². The van der Waals surface area contributed by atoms with E-state index in [2.05, 4.69) is 29.6 Å². The maximum Gasteiger partial charge on any atom is 0.492 e. The Balaban J connectivity index is 1.33. The van der Waals surface area contributed by atoms with Gasteiger partial charge in [0.1, 0.15) is 18.2 Å². The molecule has 1 fully saturated rings. The topological polar surface area (TPSA) is 56.8 Å². The van der Waals surface area contributed by atoms with Crippen molar-refractivity contribution in [1.29, 1.82) is 0 Å². The molecule has 3 aromatic carbocycles. The Hall–Kier alpha value is -3.49. The number of fused-ring (bicyclic) bond motifs is 3. The number of benzene rings is 3. The van der Waals surface area contributed by atoms with Crippen molar-refractivity contribution in [3.05, 3.63) is 100 Å². The van der Waals surface area contributed by atoms with E-state index < -0.39 is 36.0 Å². The molecule has 39 heavy (non-hydrogen) atoms. The summed E-state index contributed by atoms with van der Waals surface area (Å²) in [5.41, 5.74) is 4.20. The van der Waals surface area contributed by atoms with Crippen molar-refractivity contribution in [2.24, 2.45) is 0 Å². The molecule has 1 aliphatic carbocycles. The lowest BCUT2D eigenvalue weighted by Crippen LogP contribution is -2.41. The van der Waals surface area contributed by atoms with Crippen molar-refractivity contribution >= 4 is 19.3 Å². The highest BCUT2D eigenvalue weighted by Gasteiger charge is 2.52. The van der Waals surface area contributed by atoms with Crippen LogP contribution in [0.1, 0.15) is 55.9 Å². The zero-order chi connectivity index (χ0) is 27.9. The quantitative estimate of drug-likeness (QED) is 0.355. The third kappa shape index (κ3) is 5.23. The Morgan fingerprint density at radius 1 is 0.949 bits per heavy atom. The van der Waals surface area contributed by atoms with Gasteiger partial charge in [-0.1, -0.05) is 54.6 Å². The third-order valence-electron chi connectivity index (χ3n) is 7.96. The van der Waals surface area contributed by atoms with Crippen LogP contribution in [0.5, 0.6) is 0 Å². The zero-order valence-electron chi connectivity index (χ0n) is 22.8. The standard InChI is InChI=1S/C31H32BF2NO4/c1-19-14-20(28(34)16-27(19)33)15-21(32-38-30(2,3)31(4,5)39-32)17-35-29(36)37-18-26-24-12-8-6-10-22(24)23-11-7-9-13-25(23)26/h6-16,26H,17-18H2,1-5H3,(H,35,36). The second-order valence-corrected chi connectivity index (χ2v) is 11.1. The molecule has 0 spiro atoms. The molecule has 5 rings (SSSR count). The number of nitrogens with one attached hydrogen (secondary N) is 1. The monoisotopic (exact) mass is 531 g/mol. The number of alkyl carbamates (subject to hydrolysis) is 1. The van der Waals surface area contributed by atoms with Crippen LogP contribution in [0.4, 0.5) is 13.6 Å². The van der Waals surface area contributed by atoms with Crippen molar-refractivity contribution in [1.82, 2.24) is 5.32 Å². The molecule has 2 aliphatic rings. The van der Waals surface area contributed by atoms with Gasteiger partial charge in [0.25, 0.3) is 0 Å². The largest absolute Gasteiger partial charge is 0.492 e. The van der Waals surface area contributed by atoms with E-state index >= 15 is 0 Å². The lowest BCUT2D eigenvalue weighted by atomic mass is 9.77. The second-order valence-electron chi connectivity index (χ2n) is 11.1. The van der Waals surface area contributed by atoms with Crippen LogP contribution in [0.15, 0.2) is 66.1 Å². The van der Waals surface area contributed by atoms with Crippen LogP contribution in [0.3, 0.4) is 0 Å². The highest BCUT2D eigenvalue weighted by atomic mass is 19.1. The lowest BCUT2D eigenvalue weighted by Gasteiger charge is -2.32. The van der Waals surface area contributed by atoms with Gasteiger partial charge in [-0.2, -0.15) is 0 Å². The third-order valence-corrected chi connectivity index (χ3v) is 7.96. The van der Waals surface area contributed by atoms with E-state index in [4.69, 9.17) is 14.0 Å². The number of halogens is 2. The van der Waals surface area contributed by atoms with Crippen molar-refractivity contribution in [2.45, 2.75) is 51.7 Å². The number of hydrogen-bond donors (Lipinski definition) is 1. The van der Waals surface area contributed by atoms with E-state index in [0.717, 1.165) is 28.3 Å². The number of carbonyl (C=O) groups excluding carboxylic acids is 1. The summed E-state index contributed by atoms with van der Waals surface area (Å²) in [4.78, 5) is 12.9. The number of carbonyl (C=O) groups is 1. The minimum absolute atomic E-state index is 0.0106. The van der Waals surface area contributed by atoms with Crippen LogP contribution < -0.4 is 5.32 Å². The summed E-state index contributed by atoms with van der Waals surface area (Å²) < 4.78 is 46.5. The normalized spacial score (nSPS) is 17.6. The van der Waals surface area contributed by atoms with Crippen LogP contribution in [-0.2, 0) is 14.0 Å².